The van der Waals surface area contributed by atoms with E-state index in [0.717, 1.165) is 11.1 Å². The third-order valence-electron chi connectivity index (χ3n) is 3.40. The average molecular weight is 304 g/mol. The second-order valence-corrected chi connectivity index (χ2v) is 4.85. The predicted molar refractivity (Wildman–Crippen MR) is 85.4 cm³/mol. The first-order chi connectivity index (χ1) is 10.6. The molecule has 1 heterocycles. The van der Waals surface area contributed by atoms with Crippen molar-refractivity contribution in [3.63, 3.8) is 0 Å². The molecule has 1 amide bonds. The summed E-state index contributed by atoms with van der Waals surface area (Å²) in [6.07, 6.45) is 0. The minimum absolute atomic E-state index is 0.236. The number of rotatable bonds is 6. The molecule has 1 aromatic carbocycles. The maximum Gasteiger partial charge on any atom is 0.328 e. The molecular weight excluding hydrogens is 284 g/mol. The van der Waals surface area contributed by atoms with Gasteiger partial charge >= 0.3 is 5.69 Å². The van der Waals surface area contributed by atoms with Crippen LogP contribution >= 0.6 is 0 Å². The number of hydrogen-bond donors (Lipinski definition) is 3. The summed E-state index contributed by atoms with van der Waals surface area (Å²) >= 11 is 0. The van der Waals surface area contributed by atoms with Crippen molar-refractivity contribution in [1.82, 2.24) is 20.2 Å². The van der Waals surface area contributed by atoms with E-state index >= 15 is 0 Å². The van der Waals surface area contributed by atoms with Crippen LogP contribution in [0, 0.1) is 0 Å². The van der Waals surface area contributed by atoms with Gasteiger partial charge in [-0.15, -0.1) is 0 Å². The first kappa shape index (κ1) is 16.0. The van der Waals surface area contributed by atoms with Crippen LogP contribution in [0.4, 0.5) is 0 Å². The van der Waals surface area contributed by atoms with Crippen molar-refractivity contribution in [3.8, 4) is 0 Å². The zero-order valence-corrected chi connectivity index (χ0v) is 12.7. The molecule has 118 valence electrons. The molecule has 0 saturated heterocycles. The number of carbonyl (C=O) groups excluding carboxylic acids is 1. The Labute approximate surface area is 127 Å². The number of hydrogen-bond acceptors (Lipinski definition) is 4. The third kappa shape index (κ3) is 3.25. The fraction of sp³-hybridized carbons (Fsp3) is 0.400. The lowest BCUT2D eigenvalue weighted by Gasteiger charge is -2.07. The van der Waals surface area contributed by atoms with E-state index in [9.17, 15) is 14.4 Å². The van der Waals surface area contributed by atoms with Gasteiger partial charge in [0.1, 0.15) is 0 Å². The molecule has 0 fully saturated rings. The number of amides is 1. The fourth-order valence-corrected chi connectivity index (χ4v) is 2.23. The summed E-state index contributed by atoms with van der Waals surface area (Å²) in [7, 11) is 0. The minimum atomic E-state index is -0.468. The van der Waals surface area contributed by atoms with Crippen molar-refractivity contribution in [3.05, 3.63) is 44.6 Å². The van der Waals surface area contributed by atoms with E-state index in [1.54, 1.807) is 19.1 Å². The molecule has 0 saturated carbocycles. The molecule has 0 radical (unpaired) electrons. The molecule has 0 atom stereocenters. The first-order valence-electron chi connectivity index (χ1n) is 7.34. The van der Waals surface area contributed by atoms with Crippen LogP contribution in [0.3, 0.4) is 0 Å². The lowest BCUT2D eigenvalue weighted by molar-refractivity contribution is 0.0954. The standard InChI is InChI=1S/C15H20N4O3/c1-3-16-7-8-17-13(20)10-5-6-11-12(9-10)18-15(22)19(4-2)14(11)21/h5-6,9,16H,3-4,7-8H2,1-2H3,(H,17,20)(H,18,22). The molecule has 0 aliphatic carbocycles. The van der Waals surface area contributed by atoms with Gasteiger partial charge in [-0.05, 0) is 31.7 Å². The van der Waals surface area contributed by atoms with Crippen molar-refractivity contribution in [2.45, 2.75) is 20.4 Å². The SMILES string of the molecule is CCNCCNC(=O)c1ccc2c(=O)n(CC)c(=O)[nH]c2c1. The third-order valence-corrected chi connectivity index (χ3v) is 3.40. The molecule has 2 rings (SSSR count). The summed E-state index contributed by atoms with van der Waals surface area (Å²) in [6.45, 7) is 6.07. The number of fused-ring (bicyclic) bond motifs is 1. The number of aromatic amines is 1. The minimum Gasteiger partial charge on any atom is -0.351 e. The lowest BCUT2D eigenvalue weighted by Crippen LogP contribution is -2.34. The zero-order valence-electron chi connectivity index (χ0n) is 12.7. The Bertz CT molecular complexity index is 791. The van der Waals surface area contributed by atoms with Crippen molar-refractivity contribution >= 4 is 16.8 Å². The molecular formula is C15H20N4O3. The Morgan fingerprint density at radius 2 is 2.00 bits per heavy atom. The van der Waals surface area contributed by atoms with Crippen molar-refractivity contribution in [2.75, 3.05) is 19.6 Å². The highest BCUT2D eigenvalue weighted by molar-refractivity contribution is 5.97. The quantitative estimate of drug-likeness (QED) is 0.657. The van der Waals surface area contributed by atoms with Crippen LogP contribution in [-0.2, 0) is 6.54 Å². The van der Waals surface area contributed by atoms with Gasteiger partial charge in [-0.25, -0.2) is 4.79 Å². The topological polar surface area (TPSA) is 96.0 Å². The van der Waals surface area contributed by atoms with Gasteiger partial charge in [0.05, 0.1) is 10.9 Å². The maximum atomic E-state index is 12.1. The lowest BCUT2D eigenvalue weighted by atomic mass is 10.1. The number of H-pyrrole nitrogens is 1. The van der Waals surface area contributed by atoms with Crippen molar-refractivity contribution < 1.29 is 4.79 Å². The maximum absolute atomic E-state index is 12.1. The number of likely N-dealkylation sites (N-methyl/N-ethyl adjacent to an activating group) is 1. The molecule has 0 bridgehead atoms. The van der Waals surface area contributed by atoms with E-state index in [1.807, 2.05) is 6.92 Å². The highest BCUT2D eigenvalue weighted by atomic mass is 16.2. The van der Waals surface area contributed by atoms with E-state index in [4.69, 9.17) is 0 Å². The van der Waals surface area contributed by atoms with Crippen LogP contribution < -0.4 is 21.9 Å². The highest BCUT2D eigenvalue weighted by Gasteiger charge is 2.10. The summed E-state index contributed by atoms with van der Waals surface area (Å²) in [6, 6.07) is 4.68. The van der Waals surface area contributed by atoms with Gasteiger partial charge in [0.15, 0.2) is 0 Å². The van der Waals surface area contributed by atoms with Gasteiger partial charge in [0.25, 0.3) is 11.5 Å². The predicted octanol–water partition coefficient (Wildman–Crippen LogP) is 0.0490. The molecule has 0 aliphatic heterocycles. The monoisotopic (exact) mass is 304 g/mol. The Hall–Kier alpha value is -2.41. The number of carbonyl (C=O) groups is 1. The van der Waals surface area contributed by atoms with Gasteiger partial charge in [-0.3, -0.25) is 14.2 Å². The number of nitrogens with zero attached hydrogens (tertiary/aromatic N) is 1. The molecule has 7 nitrogen and oxygen atoms in total. The number of aromatic nitrogens is 2. The summed E-state index contributed by atoms with van der Waals surface area (Å²) in [5.74, 6) is -0.236. The summed E-state index contributed by atoms with van der Waals surface area (Å²) in [5.41, 5.74) is -0.0302. The van der Waals surface area contributed by atoms with Gasteiger partial charge in [-0.2, -0.15) is 0 Å². The molecule has 0 aliphatic rings. The Balaban J connectivity index is 2.29. The van der Waals surface area contributed by atoms with E-state index in [-0.39, 0.29) is 11.5 Å². The zero-order chi connectivity index (χ0) is 16.1. The Morgan fingerprint density at radius 1 is 1.23 bits per heavy atom. The van der Waals surface area contributed by atoms with Crippen LogP contribution in [0.2, 0.25) is 0 Å². The van der Waals surface area contributed by atoms with Gasteiger partial charge in [0.2, 0.25) is 0 Å². The fourth-order valence-electron chi connectivity index (χ4n) is 2.23. The molecule has 7 heteroatoms. The van der Waals surface area contributed by atoms with Crippen LogP contribution in [0.25, 0.3) is 10.9 Å². The largest absolute Gasteiger partial charge is 0.351 e. The normalized spacial score (nSPS) is 10.8. The average Bonchev–Trinajstić information content (AvgIpc) is 2.51. The first-order valence-corrected chi connectivity index (χ1v) is 7.34. The van der Waals surface area contributed by atoms with E-state index in [1.165, 1.54) is 6.07 Å². The van der Waals surface area contributed by atoms with Crippen LogP contribution in [0.15, 0.2) is 27.8 Å². The van der Waals surface area contributed by atoms with E-state index < -0.39 is 5.69 Å². The van der Waals surface area contributed by atoms with E-state index in [0.29, 0.717) is 36.1 Å². The van der Waals surface area contributed by atoms with Gasteiger partial charge in [0, 0.05) is 25.2 Å². The highest BCUT2D eigenvalue weighted by Crippen LogP contribution is 2.09. The van der Waals surface area contributed by atoms with E-state index in [2.05, 4.69) is 15.6 Å². The molecule has 3 N–H and O–H groups in total. The molecule has 0 spiro atoms. The van der Waals surface area contributed by atoms with Gasteiger partial charge in [-0.1, -0.05) is 6.92 Å². The summed E-state index contributed by atoms with van der Waals surface area (Å²) in [4.78, 5) is 38.6. The van der Waals surface area contributed by atoms with Gasteiger partial charge < -0.3 is 15.6 Å². The molecule has 0 unspecified atom stereocenters. The second kappa shape index (κ2) is 7.04. The summed E-state index contributed by atoms with van der Waals surface area (Å²) < 4.78 is 1.12. The second-order valence-electron chi connectivity index (χ2n) is 4.85. The molecule has 22 heavy (non-hydrogen) atoms. The number of benzene rings is 1. The van der Waals surface area contributed by atoms with Crippen LogP contribution in [-0.4, -0.2) is 35.1 Å². The Kier molecular flexibility index (Phi) is 5.11. The van der Waals surface area contributed by atoms with Crippen LogP contribution in [0.1, 0.15) is 24.2 Å². The summed E-state index contributed by atoms with van der Waals surface area (Å²) in [5, 5.41) is 6.27. The smallest absolute Gasteiger partial charge is 0.328 e. The molecule has 1 aromatic heterocycles. The molecule has 2 aromatic rings. The van der Waals surface area contributed by atoms with Crippen molar-refractivity contribution in [2.24, 2.45) is 0 Å². The number of nitrogens with one attached hydrogen (secondary N) is 3. The van der Waals surface area contributed by atoms with Crippen molar-refractivity contribution in [1.29, 1.82) is 0 Å². The van der Waals surface area contributed by atoms with Crippen LogP contribution in [0.5, 0.6) is 0 Å². The Morgan fingerprint density at radius 3 is 2.68 bits per heavy atom.